The lowest BCUT2D eigenvalue weighted by molar-refractivity contribution is 0.775. The van der Waals surface area contributed by atoms with E-state index < -0.39 is 0 Å². The van der Waals surface area contributed by atoms with Crippen LogP contribution in [0.2, 0.25) is 5.02 Å². The van der Waals surface area contributed by atoms with Crippen molar-refractivity contribution in [2.45, 2.75) is 18.9 Å². The zero-order chi connectivity index (χ0) is 14.2. The molecule has 0 bridgehead atoms. The summed E-state index contributed by atoms with van der Waals surface area (Å²) in [4.78, 5) is 0. The van der Waals surface area contributed by atoms with Gasteiger partial charge in [-0.3, -0.25) is 0 Å². The molecule has 0 spiro atoms. The molecule has 104 valence electrons. The van der Waals surface area contributed by atoms with Crippen LogP contribution < -0.4 is 5.32 Å². The quantitative estimate of drug-likeness (QED) is 0.695. The van der Waals surface area contributed by atoms with Crippen molar-refractivity contribution in [1.29, 1.82) is 0 Å². The van der Waals surface area contributed by atoms with Gasteiger partial charge in [0.1, 0.15) is 0 Å². The van der Waals surface area contributed by atoms with Crippen molar-refractivity contribution in [3.8, 4) is 0 Å². The van der Waals surface area contributed by atoms with E-state index in [1.54, 1.807) is 0 Å². The standard InChI is InChI=1S/C19H16ClN/c20-16-9-8-14-11-17(12-15(14)10-16)21-19-7-3-5-13-4-1-2-6-18(13)19/h1-10,17,21H,11-12H2. The molecule has 21 heavy (non-hydrogen) atoms. The predicted molar refractivity (Wildman–Crippen MR) is 90.2 cm³/mol. The normalized spacial score (nSPS) is 16.9. The number of halogens is 1. The Balaban J connectivity index is 1.62. The molecular formula is C19H16ClN. The molecule has 3 aromatic carbocycles. The summed E-state index contributed by atoms with van der Waals surface area (Å²) < 4.78 is 0. The second-order valence-corrected chi connectivity index (χ2v) is 6.13. The molecule has 0 saturated carbocycles. The van der Waals surface area contributed by atoms with E-state index in [4.69, 9.17) is 11.6 Å². The van der Waals surface area contributed by atoms with E-state index in [1.807, 2.05) is 6.07 Å². The molecule has 1 atom stereocenters. The predicted octanol–water partition coefficient (Wildman–Crippen LogP) is 5.07. The number of rotatable bonds is 2. The monoisotopic (exact) mass is 293 g/mol. The lowest BCUT2D eigenvalue weighted by Gasteiger charge is -2.15. The Labute approximate surface area is 129 Å². The lowest BCUT2D eigenvalue weighted by Crippen LogP contribution is -2.19. The van der Waals surface area contributed by atoms with Gasteiger partial charge in [0.25, 0.3) is 0 Å². The highest BCUT2D eigenvalue weighted by atomic mass is 35.5. The summed E-state index contributed by atoms with van der Waals surface area (Å²) in [6, 6.07) is 21.6. The molecule has 0 aromatic heterocycles. The van der Waals surface area contributed by atoms with Crippen LogP contribution in [0.15, 0.2) is 60.7 Å². The van der Waals surface area contributed by atoms with Crippen molar-refractivity contribution < 1.29 is 0 Å². The molecule has 3 aromatic rings. The van der Waals surface area contributed by atoms with Crippen molar-refractivity contribution in [1.82, 2.24) is 0 Å². The van der Waals surface area contributed by atoms with Crippen LogP contribution in [0.5, 0.6) is 0 Å². The maximum Gasteiger partial charge on any atom is 0.0422 e. The fourth-order valence-corrected chi connectivity index (χ4v) is 3.45. The van der Waals surface area contributed by atoms with E-state index in [0.717, 1.165) is 17.9 Å². The van der Waals surface area contributed by atoms with Gasteiger partial charge in [-0.1, -0.05) is 54.1 Å². The second kappa shape index (κ2) is 5.09. The van der Waals surface area contributed by atoms with Crippen LogP contribution >= 0.6 is 11.6 Å². The average Bonchev–Trinajstić information content (AvgIpc) is 2.89. The Bertz CT molecular complexity index is 804. The van der Waals surface area contributed by atoms with Gasteiger partial charge in [-0.05, 0) is 47.6 Å². The van der Waals surface area contributed by atoms with Crippen molar-refractivity contribution in [3.63, 3.8) is 0 Å². The molecular weight excluding hydrogens is 278 g/mol. The van der Waals surface area contributed by atoms with E-state index in [9.17, 15) is 0 Å². The summed E-state index contributed by atoms with van der Waals surface area (Å²) in [6.45, 7) is 0. The van der Waals surface area contributed by atoms with Gasteiger partial charge in [0.15, 0.2) is 0 Å². The third-order valence-electron chi connectivity index (χ3n) is 4.25. The summed E-state index contributed by atoms with van der Waals surface area (Å²) >= 11 is 6.09. The highest BCUT2D eigenvalue weighted by Gasteiger charge is 2.21. The molecule has 2 heteroatoms. The van der Waals surface area contributed by atoms with E-state index in [-0.39, 0.29) is 0 Å². The molecule has 1 nitrogen and oxygen atoms in total. The van der Waals surface area contributed by atoms with Crippen LogP contribution in [0.4, 0.5) is 5.69 Å². The number of hydrogen-bond acceptors (Lipinski definition) is 1. The van der Waals surface area contributed by atoms with Crippen LogP contribution in [0.3, 0.4) is 0 Å². The summed E-state index contributed by atoms with van der Waals surface area (Å²) in [5.74, 6) is 0. The largest absolute Gasteiger partial charge is 0.381 e. The van der Waals surface area contributed by atoms with Crippen LogP contribution in [-0.4, -0.2) is 6.04 Å². The summed E-state index contributed by atoms with van der Waals surface area (Å²) in [5.41, 5.74) is 4.01. The minimum atomic E-state index is 0.448. The fourth-order valence-electron chi connectivity index (χ4n) is 3.26. The molecule has 0 heterocycles. The molecule has 0 amide bonds. The molecule has 1 N–H and O–H groups in total. The number of hydrogen-bond donors (Lipinski definition) is 1. The number of benzene rings is 3. The van der Waals surface area contributed by atoms with Crippen molar-refractivity contribution in [3.05, 3.63) is 76.8 Å². The minimum absolute atomic E-state index is 0.448. The summed E-state index contributed by atoms with van der Waals surface area (Å²) in [7, 11) is 0. The second-order valence-electron chi connectivity index (χ2n) is 5.69. The maximum absolute atomic E-state index is 6.09. The van der Waals surface area contributed by atoms with E-state index in [1.165, 1.54) is 27.6 Å². The van der Waals surface area contributed by atoms with Gasteiger partial charge in [-0.25, -0.2) is 0 Å². The molecule has 1 aliphatic carbocycles. The summed E-state index contributed by atoms with van der Waals surface area (Å²) in [5, 5.41) is 7.10. The highest BCUT2D eigenvalue weighted by molar-refractivity contribution is 6.30. The van der Waals surface area contributed by atoms with E-state index in [0.29, 0.717) is 6.04 Å². The van der Waals surface area contributed by atoms with Gasteiger partial charge in [-0.15, -0.1) is 0 Å². The molecule has 0 radical (unpaired) electrons. The van der Waals surface area contributed by atoms with Crippen molar-refractivity contribution in [2.24, 2.45) is 0 Å². The zero-order valence-corrected chi connectivity index (χ0v) is 12.4. The SMILES string of the molecule is Clc1ccc2c(c1)CC(Nc1cccc3ccccc13)C2. The topological polar surface area (TPSA) is 12.0 Å². The molecule has 0 fully saturated rings. The molecule has 0 aliphatic heterocycles. The Kier molecular flexibility index (Phi) is 3.08. The van der Waals surface area contributed by atoms with Gasteiger partial charge in [0, 0.05) is 22.1 Å². The smallest absolute Gasteiger partial charge is 0.0422 e. The van der Waals surface area contributed by atoms with Crippen LogP contribution in [-0.2, 0) is 12.8 Å². The number of fused-ring (bicyclic) bond motifs is 2. The van der Waals surface area contributed by atoms with E-state index >= 15 is 0 Å². The van der Waals surface area contributed by atoms with E-state index in [2.05, 4.69) is 59.9 Å². The highest BCUT2D eigenvalue weighted by Crippen LogP contribution is 2.29. The molecule has 1 aliphatic rings. The molecule has 1 unspecified atom stereocenters. The molecule has 0 saturated heterocycles. The first-order valence-electron chi connectivity index (χ1n) is 7.31. The third-order valence-corrected chi connectivity index (χ3v) is 4.49. The van der Waals surface area contributed by atoms with Crippen LogP contribution in [0, 0.1) is 0 Å². The Hall–Kier alpha value is -1.99. The lowest BCUT2D eigenvalue weighted by atomic mass is 10.1. The van der Waals surface area contributed by atoms with Crippen molar-refractivity contribution >= 4 is 28.1 Å². The third kappa shape index (κ3) is 2.38. The fraction of sp³-hybridized carbons (Fsp3) is 0.158. The van der Waals surface area contributed by atoms with Crippen molar-refractivity contribution in [2.75, 3.05) is 5.32 Å². The van der Waals surface area contributed by atoms with Gasteiger partial charge in [-0.2, -0.15) is 0 Å². The Morgan fingerprint density at radius 3 is 2.62 bits per heavy atom. The van der Waals surface area contributed by atoms with Crippen LogP contribution in [0.25, 0.3) is 10.8 Å². The minimum Gasteiger partial charge on any atom is -0.381 e. The maximum atomic E-state index is 6.09. The Morgan fingerprint density at radius 1 is 0.857 bits per heavy atom. The summed E-state index contributed by atoms with van der Waals surface area (Å²) in [6.07, 6.45) is 2.11. The van der Waals surface area contributed by atoms with Gasteiger partial charge in [0.05, 0.1) is 0 Å². The van der Waals surface area contributed by atoms with Gasteiger partial charge < -0.3 is 5.32 Å². The first-order valence-corrected chi connectivity index (χ1v) is 7.69. The number of anilines is 1. The average molecular weight is 294 g/mol. The first kappa shape index (κ1) is 12.7. The Morgan fingerprint density at radius 2 is 1.67 bits per heavy atom. The van der Waals surface area contributed by atoms with Crippen LogP contribution in [0.1, 0.15) is 11.1 Å². The zero-order valence-electron chi connectivity index (χ0n) is 11.6. The molecule has 4 rings (SSSR count). The first-order chi connectivity index (χ1) is 10.3. The van der Waals surface area contributed by atoms with Gasteiger partial charge >= 0.3 is 0 Å². The van der Waals surface area contributed by atoms with Gasteiger partial charge in [0.2, 0.25) is 0 Å². The number of nitrogens with one attached hydrogen (secondary N) is 1.